The summed E-state index contributed by atoms with van der Waals surface area (Å²) in [6.07, 6.45) is 6.52. The molecule has 0 spiro atoms. The second-order valence-electron chi connectivity index (χ2n) is 5.74. The van der Waals surface area contributed by atoms with Gasteiger partial charge in [0.05, 0.1) is 6.61 Å². The molecule has 1 aliphatic rings. The number of carbonyl (C=O) groups excluding carboxylic acids is 1. The van der Waals surface area contributed by atoms with Crippen molar-refractivity contribution >= 4 is 5.97 Å². The number of esters is 1. The van der Waals surface area contributed by atoms with E-state index in [-0.39, 0.29) is 11.9 Å². The summed E-state index contributed by atoms with van der Waals surface area (Å²) < 4.78 is 5.27. The van der Waals surface area contributed by atoms with Crippen LogP contribution in [-0.2, 0) is 9.53 Å². The van der Waals surface area contributed by atoms with E-state index < -0.39 is 0 Å². The second-order valence-corrected chi connectivity index (χ2v) is 5.74. The van der Waals surface area contributed by atoms with Gasteiger partial charge in [-0.05, 0) is 37.1 Å². The van der Waals surface area contributed by atoms with Gasteiger partial charge in [0.15, 0.2) is 0 Å². The molecule has 0 aromatic carbocycles. The van der Waals surface area contributed by atoms with Crippen LogP contribution in [0.25, 0.3) is 0 Å². The smallest absolute Gasteiger partial charge is 0.306 e. The fourth-order valence-electron chi connectivity index (χ4n) is 2.35. The molecule has 0 aliphatic heterocycles. The van der Waals surface area contributed by atoms with Crippen LogP contribution < -0.4 is 5.73 Å². The number of rotatable bonds is 8. The Morgan fingerprint density at radius 1 is 1.41 bits per heavy atom. The third-order valence-corrected chi connectivity index (χ3v) is 3.61. The van der Waals surface area contributed by atoms with Crippen molar-refractivity contribution in [3.8, 4) is 0 Å². The van der Waals surface area contributed by atoms with Crippen molar-refractivity contribution in [1.29, 1.82) is 0 Å². The molecule has 0 amide bonds. The molecule has 0 saturated heterocycles. The zero-order valence-corrected chi connectivity index (χ0v) is 11.3. The van der Waals surface area contributed by atoms with Crippen molar-refractivity contribution in [1.82, 2.24) is 0 Å². The van der Waals surface area contributed by atoms with Crippen LogP contribution in [0.4, 0.5) is 0 Å². The number of ether oxygens (including phenoxy) is 1. The number of hydrogen-bond donors (Lipinski definition) is 1. The first kappa shape index (κ1) is 14.5. The monoisotopic (exact) mass is 241 g/mol. The van der Waals surface area contributed by atoms with E-state index in [9.17, 15) is 4.79 Å². The molecule has 1 saturated carbocycles. The Labute approximate surface area is 105 Å². The maximum Gasteiger partial charge on any atom is 0.306 e. The molecule has 2 N–H and O–H groups in total. The molecule has 0 aromatic heterocycles. The number of hydrogen-bond acceptors (Lipinski definition) is 3. The van der Waals surface area contributed by atoms with Crippen LogP contribution in [0, 0.1) is 17.8 Å². The summed E-state index contributed by atoms with van der Waals surface area (Å²) >= 11 is 0. The van der Waals surface area contributed by atoms with E-state index in [0.29, 0.717) is 25.5 Å². The Morgan fingerprint density at radius 3 is 2.59 bits per heavy atom. The molecule has 17 heavy (non-hydrogen) atoms. The number of nitrogens with two attached hydrogens (primary N) is 1. The summed E-state index contributed by atoms with van der Waals surface area (Å²) in [6, 6.07) is 0. The maximum absolute atomic E-state index is 11.6. The van der Waals surface area contributed by atoms with E-state index in [1.165, 1.54) is 19.3 Å². The van der Waals surface area contributed by atoms with Gasteiger partial charge in [0.25, 0.3) is 0 Å². The van der Waals surface area contributed by atoms with Gasteiger partial charge in [-0.3, -0.25) is 4.79 Å². The molecule has 1 rings (SSSR count). The van der Waals surface area contributed by atoms with Crippen LogP contribution in [0.15, 0.2) is 0 Å². The Bertz CT molecular complexity index is 224. The predicted octanol–water partition coefficient (Wildman–Crippen LogP) is 2.73. The summed E-state index contributed by atoms with van der Waals surface area (Å²) in [7, 11) is 0. The molecule has 3 nitrogen and oxygen atoms in total. The van der Waals surface area contributed by atoms with E-state index in [2.05, 4.69) is 13.8 Å². The van der Waals surface area contributed by atoms with Crippen molar-refractivity contribution in [3.05, 3.63) is 0 Å². The van der Waals surface area contributed by atoms with Crippen LogP contribution in [0.2, 0.25) is 0 Å². The van der Waals surface area contributed by atoms with Crippen molar-refractivity contribution in [2.24, 2.45) is 23.5 Å². The van der Waals surface area contributed by atoms with Gasteiger partial charge in [-0.25, -0.2) is 0 Å². The normalized spacial score (nSPS) is 17.9. The van der Waals surface area contributed by atoms with Crippen LogP contribution >= 0.6 is 0 Å². The molecule has 1 fully saturated rings. The van der Waals surface area contributed by atoms with Gasteiger partial charge >= 0.3 is 5.97 Å². The lowest BCUT2D eigenvalue weighted by molar-refractivity contribution is -0.145. The highest BCUT2D eigenvalue weighted by atomic mass is 16.5. The molecule has 3 heteroatoms. The van der Waals surface area contributed by atoms with Gasteiger partial charge in [-0.2, -0.15) is 0 Å². The molecule has 0 radical (unpaired) electrons. The maximum atomic E-state index is 11.6. The molecule has 100 valence electrons. The van der Waals surface area contributed by atoms with E-state index in [0.717, 1.165) is 18.8 Å². The minimum Gasteiger partial charge on any atom is -0.466 e. The first-order valence-electron chi connectivity index (χ1n) is 6.97. The largest absolute Gasteiger partial charge is 0.466 e. The van der Waals surface area contributed by atoms with E-state index in [1.54, 1.807) is 0 Å². The number of carbonyl (C=O) groups is 1. The zero-order valence-electron chi connectivity index (χ0n) is 11.3. The average molecular weight is 241 g/mol. The van der Waals surface area contributed by atoms with E-state index in [4.69, 9.17) is 10.5 Å². The highest BCUT2D eigenvalue weighted by Gasteiger charge is 2.18. The van der Waals surface area contributed by atoms with Crippen LogP contribution in [-0.4, -0.2) is 19.1 Å². The quantitative estimate of drug-likeness (QED) is 0.665. The topological polar surface area (TPSA) is 52.3 Å². The minimum atomic E-state index is -0.0691. The first-order valence-corrected chi connectivity index (χ1v) is 6.97. The Kier molecular flexibility index (Phi) is 6.56. The highest BCUT2D eigenvalue weighted by molar-refractivity contribution is 5.69. The van der Waals surface area contributed by atoms with Crippen molar-refractivity contribution in [2.45, 2.75) is 52.4 Å². The van der Waals surface area contributed by atoms with Gasteiger partial charge in [0.2, 0.25) is 0 Å². The first-order chi connectivity index (χ1) is 8.11. The van der Waals surface area contributed by atoms with Crippen LogP contribution in [0.1, 0.15) is 52.4 Å². The van der Waals surface area contributed by atoms with Crippen LogP contribution in [0.3, 0.4) is 0 Å². The molecule has 1 aliphatic carbocycles. The second kappa shape index (κ2) is 7.70. The van der Waals surface area contributed by atoms with Crippen molar-refractivity contribution in [2.75, 3.05) is 13.2 Å². The van der Waals surface area contributed by atoms with Gasteiger partial charge in [0.1, 0.15) is 0 Å². The van der Waals surface area contributed by atoms with E-state index in [1.807, 2.05) is 0 Å². The minimum absolute atomic E-state index is 0.0691. The Balaban J connectivity index is 2.08. The SMILES string of the molecule is CC(C)C[C@H](CN)CC(=O)OCCC1CCC1. The van der Waals surface area contributed by atoms with Crippen LogP contribution in [0.5, 0.6) is 0 Å². The highest BCUT2D eigenvalue weighted by Crippen LogP contribution is 2.29. The van der Waals surface area contributed by atoms with Gasteiger partial charge in [-0.1, -0.05) is 33.1 Å². The average Bonchev–Trinajstić information content (AvgIpc) is 2.20. The zero-order chi connectivity index (χ0) is 12.7. The molecule has 0 heterocycles. The fraction of sp³-hybridized carbons (Fsp3) is 0.929. The lowest BCUT2D eigenvalue weighted by Gasteiger charge is -2.25. The third kappa shape index (κ3) is 6.06. The molecular formula is C14H27NO2. The summed E-state index contributed by atoms with van der Waals surface area (Å²) in [6.45, 7) is 5.49. The lowest BCUT2D eigenvalue weighted by atomic mass is 9.83. The lowest BCUT2D eigenvalue weighted by Crippen LogP contribution is -2.22. The molecular weight excluding hydrogens is 214 g/mol. The molecule has 0 unspecified atom stereocenters. The summed E-state index contributed by atoms with van der Waals surface area (Å²) in [5.74, 6) is 1.61. The summed E-state index contributed by atoms with van der Waals surface area (Å²) in [5.41, 5.74) is 5.67. The predicted molar refractivity (Wildman–Crippen MR) is 69.5 cm³/mol. The van der Waals surface area contributed by atoms with E-state index >= 15 is 0 Å². The summed E-state index contributed by atoms with van der Waals surface area (Å²) in [5, 5.41) is 0. The Hall–Kier alpha value is -0.570. The summed E-state index contributed by atoms with van der Waals surface area (Å²) in [4.78, 5) is 11.6. The Morgan fingerprint density at radius 2 is 2.12 bits per heavy atom. The molecule has 0 bridgehead atoms. The van der Waals surface area contributed by atoms with Crippen molar-refractivity contribution in [3.63, 3.8) is 0 Å². The molecule has 1 atom stereocenters. The third-order valence-electron chi connectivity index (χ3n) is 3.61. The molecule has 0 aromatic rings. The van der Waals surface area contributed by atoms with Gasteiger partial charge < -0.3 is 10.5 Å². The fourth-order valence-corrected chi connectivity index (χ4v) is 2.35. The van der Waals surface area contributed by atoms with Gasteiger partial charge in [-0.15, -0.1) is 0 Å². The van der Waals surface area contributed by atoms with Gasteiger partial charge in [0, 0.05) is 6.42 Å². The van der Waals surface area contributed by atoms with Crippen molar-refractivity contribution < 1.29 is 9.53 Å². The standard InChI is InChI=1S/C14H27NO2/c1-11(2)8-13(10-15)9-14(16)17-7-6-12-4-3-5-12/h11-13H,3-10,15H2,1-2H3/t13-/m0/s1.